The summed E-state index contributed by atoms with van der Waals surface area (Å²) in [6, 6.07) is 6.86. The van der Waals surface area contributed by atoms with Gasteiger partial charge in [0.15, 0.2) is 0 Å². The second kappa shape index (κ2) is 9.24. The summed E-state index contributed by atoms with van der Waals surface area (Å²) in [6.07, 6.45) is 6.23. The van der Waals surface area contributed by atoms with Crippen molar-refractivity contribution in [2.45, 2.75) is 71.2 Å². The van der Waals surface area contributed by atoms with Crippen LogP contribution in [-0.4, -0.2) is 14.5 Å². The second-order valence-corrected chi connectivity index (χ2v) is 8.19. The summed E-state index contributed by atoms with van der Waals surface area (Å²) in [5.74, 6) is 0.213. The molecule has 0 saturated heterocycles. The number of rotatable bonds is 9. The van der Waals surface area contributed by atoms with Crippen LogP contribution in [0.1, 0.15) is 58.9 Å². The molecule has 0 radical (unpaired) electrons. The van der Waals surface area contributed by atoms with E-state index in [4.69, 9.17) is 0 Å². The van der Waals surface area contributed by atoms with Gasteiger partial charge in [-0.1, -0.05) is 69.9 Å². The summed E-state index contributed by atoms with van der Waals surface area (Å²) in [4.78, 5) is 0.333. The Morgan fingerprint density at radius 1 is 1.13 bits per heavy atom. The third-order valence-corrected chi connectivity index (χ3v) is 5.37. The van der Waals surface area contributed by atoms with Crippen LogP contribution in [0.4, 0.5) is 0 Å². The van der Waals surface area contributed by atoms with E-state index < -0.39 is 10.0 Å². The maximum atomic E-state index is 12.7. The fraction of sp³-hybridized carbons (Fsp3) is 0.579. The maximum absolute atomic E-state index is 12.7. The van der Waals surface area contributed by atoms with Crippen LogP contribution in [0.3, 0.4) is 0 Å². The Labute approximate surface area is 142 Å². The van der Waals surface area contributed by atoms with Crippen LogP contribution in [-0.2, 0) is 10.0 Å². The molecule has 0 amide bonds. The number of nitrogens with one attached hydrogen (secondary N) is 1. The highest BCUT2D eigenvalue weighted by Gasteiger charge is 2.24. The first-order valence-corrected chi connectivity index (χ1v) is 10.1. The number of allylic oxidation sites excluding steroid dienone is 1. The minimum absolute atomic E-state index is 0.146. The first kappa shape index (κ1) is 19.9. The van der Waals surface area contributed by atoms with Gasteiger partial charge in [-0.2, -0.15) is 0 Å². The van der Waals surface area contributed by atoms with Crippen LogP contribution in [0.2, 0.25) is 0 Å². The predicted octanol–water partition coefficient (Wildman–Crippen LogP) is 4.82. The number of sulfonamides is 1. The molecular weight excluding hydrogens is 306 g/mol. The smallest absolute Gasteiger partial charge is 0.207 e. The standard InChI is InChI=1S/C19H31NO2S/c1-6-8-10-17(9-7-2)19(15(3)4)20-23(21,22)18-13-11-16(5)12-14-18/h10-15,19-20H,6-9H2,1-5H3. The van der Waals surface area contributed by atoms with Gasteiger partial charge in [0.05, 0.1) is 4.90 Å². The topological polar surface area (TPSA) is 46.2 Å². The van der Waals surface area contributed by atoms with E-state index >= 15 is 0 Å². The summed E-state index contributed by atoms with van der Waals surface area (Å²) >= 11 is 0. The third kappa shape index (κ3) is 6.11. The van der Waals surface area contributed by atoms with Crippen LogP contribution in [0.25, 0.3) is 0 Å². The monoisotopic (exact) mass is 337 g/mol. The van der Waals surface area contributed by atoms with Crippen molar-refractivity contribution in [3.8, 4) is 0 Å². The molecule has 1 N–H and O–H groups in total. The van der Waals surface area contributed by atoms with Gasteiger partial charge >= 0.3 is 0 Å². The quantitative estimate of drug-likeness (QED) is 0.656. The van der Waals surface area contributed by atoms with Crippen molar-refractivity contribution in [2.24, 2.45) is 5.92 Å². The molecule has 0 heterocycles. The largest absolute Gasteiger partial charge is 0.241 e. The minimum Gasteiger partial charge on any atom is -0.207 e. The Balaban J connectivity index is 3.08. The first-order valence-electron chi connectivity index (χ1n) is 8.59. The Hall–Kier alpha value is -1.13. The number of hydrogen-bond donors (Lipinski definition) is 1. The minimum atomic E-state index is -3.50. The SMILES string of the molecule is CCCC=C(CCC)C(NS(=O)(=O)c1ccc(C)cc1)C(C)C. The molecule has 0 bridgehead atoms. The Bertz CT molecular complexity index is 601. The summed E-state index contributed by atoms with van der Waals surface area (Å²) in [6.45, 7) is 10.4. The van der Waals surface area contributed by atoms with Gasteiger partial charge in [0.2, 0.25) is 10.0 Å². The lowest BCUT2D eigenvalue weighted by Crippen LogP contribution is -2.40. The fourth-order valence-corrected chi connectivity index (χ4v) is 3.98. The lowest BCUT2D eigenvalue weighted by molar-refractivity contribution is 0.480. The molecule has 0 spiro atoms. The van der Waals surface area contributed by atoms with Crippen molar-refractivity contribution in [1.29, 1.82) is 0 Å². The molecule has 0 aliphatic carbocycles. The van der Waals surface area contributed by atoms with E-state index in [0.29, 0.717) is 4.90 Å². The van der Waals surface area contributed by atoms with E-state index in [1.54, 1.807) is 12.1 Å². The van der Waals surface area contributed by atoms with Crippen LogP contribution in [0.15, 0.2) is 40.8 Å². The Kier molecular flexibility index (Phi) is 8.00. The second-order valence-electron chi connectivity index (χ2n) is 6.47. The molecule has 1 unspecified atom stereocenters. The highest BCUT2D eigenvalue weighted by molar-refractivity contribution is 7.89. The van der Waals surface area contributed by atoms with Gasteiger partial charge in [0, 0.05) is 6.04 Å². The number of unbranched alkanes of at least 4 members (excludes halogenated alkanes) is 1. The third-order valence-electron chi connectivity index (χ3n) is 3.91. The zero-order valence-corrected chi connectivity index (χ0v) is 15.9. The molecule has 1 atom stereocenters. The lowest BCUT2D eigenvalue weighted by Gasteiger charge is -2.25. The van der Waals surface area contributed by atoms with E-state index in [-0.39, 0.29) is 12.0 Å². The summed E-state index contributed by atoms with van der Waals surface area (Å²) < 4.78 is 28.3. The summed E-state index contributed by atoms with van der Waals surface area (Å²) in [5.41, 5.74) is 2.26. The predicted molar refractivity (Wildman–Crippen MR) is 98.0 cm³/mol. The molecule has 0 aliphatic heterocycles. The van der Waals surface area contributed by atoms with Crippen molar-refractivity contribution < 1.29 is 8.42 Å². The van der Waals surface area contributed by atoms with Crippen LogP contribution >= 0.6 is 0 Å². The molecule has 1 rings (SSSR count). The van der Waals surface area contributed by atoms with E-state index in [1.165, 1.54) is 5.57 Å². The van der Waals surface area contributed by atoms with Gasteiger partial charge < -0.3 is 0 Å². The van der Waals surface area contributed by atoms with Gasteiger partial charge in [0.25, 0.3) is 0 Å². The summed E-state index contributed by atoms with van der Waals surface area (Å²) in [5, 5.41) is 0. The number of aryl methyl sites for hydroxylation is 1. The molecule has 0 aromatic heterocycles. The fourth-order valence-electron chi connectivity index (χ4n) is 2.60. The highest BCUT2D eigenvalue weighted by Crippen LogP contribution is 2.21. The van der Waals surface area contributed by atoms with Crippen molar-refractivity contribution in [1.82, 2.24) is 4.72 Å². The van der Waals surface area contributed by atoms with Crippen molar-refractivity contribution >= 4 is 10.0 Å². The zero-order valence-electron chi connectivity index (χ0n) is 15.1. The Morgan fingerprint density at radius 3 is 2.22 bits per heavy atom. The molecule has 0 saturated carbocycles. The molecule has 1 aromatic rings. The summed E-state index contributed by atoms with van der Waals surface area (Å²) in [7, 11) is -3.50. The van der Waals surface area contributed by atoms with Crippen molar-refractivity contribution in [3.05, 3.63) is 41.5 Å². The molecule has 3 nitrogen and oxygen atoms in total. The van der Waals surface area contributed by atoms with Crippen LogP contribution < -0.4 is 4.72 Å². The van der Waals surface area contributed by atoms with Gasteiger partial charge in [-0.15, -0.1) is 0 Å². The van der Waals surface area contributed by atoms with Crippen molar-refractivity contribution in [2.75, 3.05) is 0 Å². The molecule has 23 heavy (non-hydrogen) atoms. The normalized spacial score (nSPS) is 14.3. The molecule has 0 fully saturated rings. The maximum Gasteiger partial charge on any atom is 0.241 e. The highest BCUT2D eigenvalue weighted by atomic mass is 32.2. The molecule has 4 heteroatoms. The van der Waals surface area contributed by atoms with Gasteiger partial charge in [-0.3, -0.25) is 0 Å². The van der Waals surface area contributed by atoms with Crippen LogP contribution in [0.5, 0.6) is 0 Å². The molecule has 130 valence electrons. The molecule has 1 aromatic carbocycles. The van der Waals surface area contributed by atoms with Gasteiger partial charge in [-0.05, 0) is 37.8 Å². The number of benzene rings is 1. The van der Waals surface area contributed by atoms with E-state index in [0.717, 1.165) is 31.2 Å². The molecule has 0 aliphatic rings. The van der Waals surface area contributed by atoms with E-state index in [2.05, 4.69) is 38.5 Å². The lowest BCUT2D eigenvalue weighted by atomic mass is 9.93. The Morgan fingerprint density at radius 2 is 1.74 bits per heavy atom. The molecular formula is C19H31NO2S. The van der Waals surface area contributed by atoms with Crippen LogP contribution in [0, 0.1) is 12.8 Å². The van der Waals surface area contributed by atoms with Gasteiger partial charge in [-0.25, -0.2) is 13.1 Å². The van der Waals surface area contributed by atoms with Gasteiger partial charge in [0.1, 0.15) is 0 Å². The first-order chi connectivity index (χ1) is 10.8. The average molecular weight is 338 g/mol. The number of hydrogen-bond acceptors (Lipinski definition) is 2. The van der Waals surface area contributed by atoms with E-state index in [9.17, 15) is 8.42 Å². The average Bonchev–Trinajstić information content (AvgIpc) is 2.49. The zero-order chi connectivity index (χ0) is 17.5. The van der Waals surface area contributed by atoms with Crippen molar-refractivity contribution in [3.63, 3.8) is 0 Å². The van der Waals surface area contributed by atoms with E-state index in [1.807, 2.05) is 19.1 Å².